The maximum Gasteiger partial charge on any atom is 0.341 e. The van der Waals surface area contributed by atoms with Crippen LogP contribution in [0.2, 0.25) is 0 Å². The number of hydrogen-bond acceptors (Lipinski definition) is 6. The Balaban J connectivity index is 1.92. The van der Waals surface area contributed by atoms with Crippen LogP contribution in [0.1, 0.15) is 15.2 Å². The van der Waals surface area contributed by atoms with Gasteiger partial charge in [-0.15, -0.1) is 11.3 Å². The summed E-state index contributed by atoms with van der Waals surface area (Å²) in [7, 11) is -3.16. The number of amides is 1. The van der Waals surface area contributed by atoms with Crippen LogP contribution in [0, 0.1) is 0 Å². The van der Waals surface area contributed by atoms with Crippen LogP contribution < -0.4 is 0 Å². The van der Waals surface area contributed by atoms with E-state index in [1.54, 1.807) is 7.05 Å². The molecule has 140 valence electrons. The smallest absolute Gasteiger partial charge is 0.341 e. The average Bonchev–Trinajstić information content (AvgIpc) is 3.12. The lowest BCUT2D eigenvalue weighted by atomic mass is 10.2. The second-order valence-electron chi connectivity index (χ2n) is 5.24. The molecule has 0 bridgehead atoms. The van der Waals surface area contributed by atoms with Gasteiger partial charge in [0, 0.05) is 11.9 Å². The molecule has 1 aromatic carbocycles. The van der Waals surface area contributed by atoms with Crippen molar-refractivity contribution in [1.82, 2.24) is 4.90 Å². The lowest BCUT2D eigenvalue weighted by Crippen LogP contribution is -2.30. The number of rotatable bonds is 7. The first kappa shape index (κ1) is 20.0. The van der Waals surface area contributed by atoms with Gasteiger partial charge in [0.05, 0.1) is 17.0 Å². The second-order valence-corrected chi connectivity index (χ2v) is 8.19. The number of halogens is 2. The molecule has 0 aliphatic carbocycles. The highest BCUT2D eigenvalue weighted by atomic mass is 32.2. The molecule has 1 heterocycles. The molecule has 0 saturated carbocycles. The summed E-state index contributed by atoms with van der Waals surface area (Å²) < 4.78 is 52.4. The van der Waals surface area contributed by atoms with Gasteiger partial charge in [-0.25, -0.2) is 13.2 Å². The van der Waals surface area contributed by atoms with E-state index in [1.165, 1.54) is 16.2 Å². The fourth-order valence-electron chi connectivity index (χ4n) is 1.93. The SMILES string of the molecule is CN(Cc1cccs1)C(=O)COC(=O)c1ccc(S(=O)(=O)C(F)F)cc1. The predicted octanol–water partition coefficient (Wildman–Crippen LogP) is 2.56. The van der Waals surface area contributed by atoms with E-state index < -0.39 is 39.0 Å². The third-order valence-corrected chi connectivity index (χ3v) is 5.64. The van der Waals surface area contributed by atoms with Crippen molar-refractivity contribution in [2.45, 2.75) is 17.2 Å². The Hall–Kier alpha value is -2.33. The lowest BCUT2D eigenvalue weighted by molar-refractivity contribution is -0.133. The van der Waals surface area contributed by atoms with Gasteiger partial charge in [0.15, 0.2) is 6.61 Å². The summed E-state index contributed by atoms with van der Waals surface area (Å²) in [4.78, 5) is 25.6. The van der Waals surface area contributed by atoms with Crippen LogP contribution in [0.15, 0.2) is 46.7 Å². The third kappa shape index (κ3) is 4.85. The van der Waals surface area contributed by atoms with Gasteiger partial charge in [-0.3, -0.25) is 4.79 Å². The summed E-state index contributed by atoms with van der Waals surface area (Å²) in [5.74, 6) is -4.82. The maximum atomic E-state index is 12.5. The number of carbonyl (C=O) groups is 2. The molecule has 0 aliphatic rings. The number of thiophene rings is 1. The number of benzene rings is 1. The molecule has 0 radical (unpaired) electrons. The van der Waals surface area contributed by atoms with Crippen molar-refractivity contribution in [3.8, 4) is 0 Å². The van der Waals surface area contributed by atoms with E-state index in [4.69, 9.17) is 4.74 Å². The number of esters is 1. The monoisotopic (exact) mass is 403 g/mol. The largest absolute Gasteiger partial charge is 0.452 e. The van der Waals surface area contributed by atoms with Gasteiger partial charge in [0.1, 0.15) is 0 Å². The maximum absolute atomic E-state index is 12.5. The van der Waals surface area contributed by atoms with E-state index in [0.717, 1.165) is 29.1 Å². The van der Waals surface area contributed by atoms with E-state index in [0.29, 0.717) is 6.54 Å². The van der Waals surface area contributed by atoms with Gasteiger partial charge in [0.2, 0.25) is 9.84 Å². The van der Waals surface area contributed by atoms with Gasteiger partial charge >= 0.3 is 11.7 Å². The van der Waals surface area contributed by atoms with Crippen molar-refractivity contribution >= 4 is 33.1 Å². The molecule has 0 N–H and O–H groups in total. The number of ether oxygens (including phenoxy) is 1. The summed E-state index contributed by atoms with van der Waals surface area (Å²) in [5, 5.41) is 1.88. The van der Waals surface area contributed by atoms with Crippen LogP contribution in [-0.2, 0) is 25.9 Å². The van der Waals surface area contributed by atoms with Crippen LogP contribution in [0.25, 0.3) is 0 Å². The molecule has 2 aromatic rings. The van der Waals surface area contributed by atoms with Crippen LogP contribution >= 0.6 is 11.3 Å². The second kappa shape index (κ2) is 8.37. The summed E-state index contributed by atoms with van der Waals surface area (Å²) in [6, 6.07) is 7.62. The van der Waals surface area contributed by atoms with Crippen molar-refractivity contribution in [1.29, 1.82) is 0 Å². The van der Waals surface area contributed by atoms with Gasteiger partial charge in [0.25, 0.3) is 5.91 Å². The standard InChI is InChI=1S/C16H15F2NO5S2/c1-19(9-12-3-2-8-25-12)14(20)10-24-15(21)11-4-6-13(7-5-11)26(22,23)16(17)18/h2-8,16H,9-10H2,1H3. The molecule has 0 unspecified atom stereocenters. The van der Waals surface area contributed by atoms with Crippen LogP contribution in [0.4, 0.5) is 8.78 Å². The molecular weight excluding hydrogens is 388 g/mol. The molecule has 0 spiro atoms. The van der Waals surface area contributed by atoms with Crippen molar-refractivity contribution in [2.24, 2.45) is 0 Å². The summed E-state index contributed by atoms with van der Waals surface area (Å²) >= 11 is 1.49. The Morgan fingerprint density at radius 1 is 1.19 bits per heavy atom. The Morgan fingerprint density at radius 2 is 1.85 bits per heavy atom. The van der Waals surface area contributed by atoms with Gasteiger partial charge in [-0.2, -0.15) is 8.78 Å². The van der Waals surface area contributed by atoms with Crippen LogP contribution in [0.3, 0.4) is 0 Å². The summed E-state index contributed by atoms with van der Waals surface area (Å²) in [5.41, 5.74) is -0.0491. The quantitative estimate of drug-likeness (QED) is 0.664. The Bertz CT molecular complexity index is 865. The van der Waals surface area contributed by atoms with E-state index in [2.05, 4.69) is 0 Å². The lowest BCUT2D eigenvalue weighted by Gasteiger charge is -2.16. The molecule has 0 saturated heterocycles. The molecule has 0 aliphatic heterocycles. The van der Waals surface area contributed by atoms with Crippen LogP contribution in [0.5, 0.6) is 0 Å². The first-order chi connectivity index (χ1) is 12.2. The fourth-order valence-corrected chi connectivity index (χ4v) is 3.41. The molecule has 1 aromatic heterocycles. The van der Waals surface area contributed by atoms with Crippen molar-refractivity contribution in [3.63, 3.8) is 0 Å². The Kier molecular flexibility index (Phi) is 6.43. The van der Waals surface area contributed by atoms with E-state index in [-0.39, 0.29) is 5.56 Å². The van der Waals surface area contributed by atoms with E-state index in [9.17, 15) is 26.8 Å². The third-order valence-electron chi connectivity index (χ3n) is 3.38. The van der Waals surface area contributed by atoms with Gasteiger partial charge in [-0.1, -0.05) is 6.07 Å². The summed E-state index contributed by atoms with van der Waals surface area (Å²) in [6.07, 6.45) is 0. The molecule has 26 heavy (non-hydrogen) atoms. The van der Waals surface area contributed by atoms with E-state index in [1.807, 2.05) is 17.5 Å². The zero-order valence-corrected chi connectivity index (χ0v) is 15.2. The molecule has 1 amide bonds. The molecule has 0 atom stereocenters. The van der Waals surface area contributed by atoms with Gasteiger partial charge < -0.3 is 9.64 Å². The highest BCUT2D eigenvalue weighted by molar-refractivity contribution is 7.91. The number of sulfone groups is 1. The number of nitrogens with zero attached hydrogens (tertiary/aromatic N) is 1. The fraction of sp³-hybridized carbons (Fsp3) is 0.250. The Morgan fingerprint density at radius 3 is 2.38 bits per heavy atom. The first-order valence-electron chi connectivity index (χ1n) is 7.27. The molecule has 0 fully saturated rings. The van der Waals surface area contributed by atoms with Crippen molar-refractivity contribution in [3.05, 3.63) is 52.2 Å². The zero-order valence-electron chi connectivity index (χ0n) is 13.6. The zero-order chi connectivity index (χ0) is 19.3. The number of carbonyl (C=O) groups excluding carboxylic acids is 2. The van der Waals surface area contributed by atoms with Crippen LogP contribution in [-0.4, -0.2) is 44.6 Å². The number of hydrogen-bond donors (Lipinski definition) is 0. The van der Waals surface area contributed by atoms with Crippen molar-refractivity contribution < 1.29 is 31.5 Å². The summed E-state index contributed by atoms with van der Waals surface area (Å²) in [6.45, 7) is -0.105. The number of likely N-dealkylation sites (N-methyl/N-ethyl adjacent to an activating group) is 1. The molecule has 6 nitrogen and oxygen atoms in total. The molecule has 10 heteroatoms. The average molecular weight is 403 g/mol. The van der Waals surface area contributed by atoms with Crippen molar-refractivity contribution in [2.75, 3.05) is 13.7 Å². The minimum Gasteiger partial charge on any atom is -0.452 e. The minimum absolute atomic E-state index is 0.0491. The Labute approximate surface area is 152 Å². The number of alkyl halides is 2. The topological polar surface area (TPSA) is 80.8 Å². The molecule has 2 rings (SSSR count). The highest BCUT2D eigenvalue weighted by Crippen LogP contribution is 2.19. The normalized spacial score (nSPS) is 11.4. The first-order valence-corrected chi connectivity index (χ1v) is 9.70. The minimum atomic E-state index is -4.73. The highest BCUT2D eigenvalue weighted by Gasteiger charge is 2.26. The predicted molar refractivity (Wildman–Crippen MR) is 90.7 cm³/mol. The van der Waals surface area contributed by atoms with E-state index >= 15 is 0 Å². The van der Waals surface area contributed by atoms with Gasteiger partial charge in [-0.05, 0) is 35.7 Å². The molecular formula is C16H15F2NO5S2.